The van der Waals surface area contributed by atoms with E-state index in [1.54, 1.807) is 0 Å². The molecular formula is C22H26N2O. The van der Waals surface area contributed by atoms with Gasteiger partial charge < -0.3 is 10.6 Å². The fourth-order valence-electron chi connectivity index (χ4n) is 3.97. The van der Waals surface area contributed by atoms with Crippen molar-refractivity contribution < 1.29 is 5.21 Å². The summed E-state index contributed by atoms with van der Waals surface area (Å²) in [4.78, 5) is 0. The zero-order chi connectivity index (χ0) is 17.6. The summed E-state index contributed by atoms with van der Waals surface area (Å²) >= 11 is 0. The number of oxime groups is 1. The molecule has 1 aliphatic rings. The summed E-state index contributed by atoms with van der Waals surface area (Å²) < 4.78 is 0. The molecule has 1 aliphatic carbocycles. The number of nitrogens with one attached hydrogen (secondary N) is 1. The molecule has 2 aromatic rings. The Morgan fingerprint density at radius 2 is 1.56 bits per heavy atom. The van der Waals surface area contributed by atoms with Crippen LogP contribution in [0.4, 0.5) is 0 Å². The lowest BCUT2D eigenvalue weighted by atomic mass is 9.74. The van der Waals surface area contributed by atoms with Crippen LogP contribution in [0.1, 0.15) is 44.6 Å². The van der Waals surface area contributed by atoms with Crippen molar-refractivity contribution in [1.29, 1.82) is 5.41 Å². The van der Waals surface area contributed by atoms with Crippen molar-refractivity contribution in [2.24, 2.45) is 17.0 Å². The Morgan fingerprint density at radius 1 is 0.960 bits per heavy atom. The molecule has 2 N–H and O–H groups in total. The van der Waals surface area contributed by atoms with Gasteiger partial charge in [-0.25, -0.2) is 0 Å². The molecule has 1 unspecified atom stereocenters. The highest BCUT2D eigenvalue weighted by Crippen LogP contribution is 2.33. The highest BCUT2D eigenvalue weighted by Gasteiger charge is 2.30. The molecule has 3 heteroatoms. The van der Waals surface area contributed by atoms with Gasteiger partial charge >= 0.3 is 0 Å². The molecule has 25 heavy (non-hydrogen) atoms. The third-order valence-corrected chi connectivity index (χ3v) is 5.34. The molecule has 3 rings (SSSR count). The minimum absolute atomic E-state index is 0.0899. The molecule has 0 heterocycles. The summed E-state index contributed by atoms with van der Waals surface area (Å²) in [6.45, 7) is 1.84. The van der Waals surface area contributed by atoms with Crippen LogP contribution in [-0.4, -0.2) is 16.6 Å². The van der Waals surface area contributed by atoms with Crippen LogP contribution >= 0.6 is 0 Å². The second kappa shape index (κ2) is 8.11. The molecule has 1 saturated carbocycles. The topological polar surface area (TPSA) is 56.4 Å². The first-order chi connectivity index (χ1) is 12.2. The lowest BCUT2D eigenvalue weighted by molar-refractivity contribution is 0.301. The fraction of sp³-hybridized carbons (Fsp3) is 0.364. The molecule has 1 fully saturated rings. The van der Waals surface area contributed by atoms with E-state index < -0.39 is 0 Å². The van der Waals surface area contributed by atoms with Crippen LogP contribution < -0.4 is 0 Å². The molecule has 130 valence electrons. The predicted molar refractivity (Wildman–Crippen MR) is 104 cm³/mol. The van der Waals surface area contributed by atoms with Crippen molar-refractivity contribution in [2.45, 2.75) is 39.0 Å². The highest BCUT2D eigenvalue weighted by molar-refractivity contribution is 6.13. The first kappa shape index (κ1) is 17.4. The quantitative estimate of drug-likeness (QED) is 0.407. The van der Waals surface area contributed by atoms with Crippen LogP contribution in [0, 0.1) is 17.2 Å². The Labute approximate surface area is 149 Å². The summed E-state index contributed by atoms with van der Waals surface area (Å²) in [6.07, 6.45) is 5.92. The molecule has 0 aliphatic heterocycles. The maximum atomic E-state index is 9.32. The van der Waals surface area contributed by atoms with Gasteiger partial charge in [0, 0.05) is 11.6 Å². The normalized spacial score (nSPS) is 17.2. The molecule has 0 radical (unpaired) electrons. The van der Waals surface area contributed by atoms with Crippen molar-refractivity contribution in [3.05, 3.63) is 60.2 Å². The van der Waals surface area contributed by atoms with Crippen molar-refractivity contribution in [2.75, 3.05) is 0 Å². The average molecular weight is 334 g/mol. The molecule has 2 aromatic carbocycles. The van der Waals surface area contributed by atoms with Crippen molar-refractivity contribution in [3.63, 3.8) is 0 Å². The van der Waals surface area contributed by atoms with Crippen LogP contribution in [0.2, 0.25) is 0 Å². The molecular weight excluding hydrogens is 308 g/mol. The average Bonchev–Trinajstić information content (AvgIpc) is 2.69. The zero-order valence-corrected chi connectivity index (χ0v) is 14.8. The largest absolute Gasteiger partial charge is 0.411 e. The minimum Gasteiger partial charge on any atom is -0.411 e. The van der Waals surface area contributed by atoms with E-state index in [-0.39, 0.29) is 5.92 Å². The lowest BCUT2D eigenvalue weighted by Gasteiger charge is -2.30. The Balaban J connectivity index is 1.84. The van der Waals surface area contributed by atoms with Crippen LogP contribution in [0.25, 0.3) is 11.1 Å². The second-order valence-electron chi connectivity index (χ2n) is 6.97. The lowest BCUT2D eigenvalue weighted by Crippen LogP contribution is -2.31. The van der Waals surface area contributed by atoms with E-state index in [0.717, 1.165) is 24.0 Å². The summed E-state index contributed by atoms with van der Waals surface area (Å²) in [7, 11) is 0. The second-order valence-corrected chi connectivity index (χ2v) is 6.97. The van der Waals surface area contributed by atoms with Crippen LogP contribution in [0.5, 0.6) is 0 Å². The van der Waals surface area contributed by atoms with Crippen molar-refractivity contribution >= 4 is 11.4 Å². The van der Waals surface area contributed by atoms with Crippen LogP contribution in [0.3, 0.4) is 0 Å². The molecule has 0 bridgehead atoms. The van der Waals surface area contributed by atoms with E-state index in [4.69, 9.17) is 5.41 Å². The molecule has 0 aromatic heterocycles. The van der Waals surface area contributed by atoms with Gasteiger partial charge in [-0.15, -0.1) is 0 Å². The van der Waals surface area contributed by atoms with Gasteiger partial charge in [-0.1, -0.05) is 79.0 Å². The number of hydrogen-bond acceptors (Lipinski definition) is 3. The zero-order valence-electron chi connectivity index (χ0n) is 14.8. The number of nitrogens with zero attached hydrogens (tertiary/aromatic N) is 1. The number of rotatable bonds is 5. The number of hydrogen-bond donors (Lipinski definition) is 2. The van der Waals surface area contributed by atoms with Crippen LogP contribution in [0.15, 0.2) is 59.8 Å². The standard InChI is InChI=1S/C22H26N2O/c1-16(24-25)21(19-10-6-3-7-11-19)22(23)20-14-12-18(13-15-20)17-8-4-2-5-9-17/h2,4-5,8-9,12-15,19,21,23,25H,3,6-7,10-11H2,1H3/b23-22?,24-16+. The van der Waals surface area contributed by atoms with Gasteiger partial charge in [0.1, 0.15) is 0 Å². The Morgan fingerprint density at radius 3 is 2.16 bits per heavy atom. The maximum Gasteiger partial charge on any atom is 0.0633 e. The van der Waals surface area contributed by atoms with E-state index in [0.29, 0.717) is 17.3 Å². The van der Waals surface area contributed by atoms with E-state index in [9.17, 15) is 5.21 Å². The molecule has 3 nitrogen and oxygen atoms in total. The molecule has 1 atom stereocenters. The summed E-state index contributed by atoms with van der Waals surface area (Å²) in [5.74, 6) is 0.318. The maximum absolute atomic E-state index is 9.32. The smallest absolute Gasteiger partial charge is 0.0633 e. The first-order valence-electron chi connectivity index (χ1n) is 9.13. The minimum atomic E-state index is -0.0899. The van der Waals surface area contributed by atoms with Gasteiger partial charge in [0.05, 0.1) is 5.71 Å². The van der Waals surface area contributed by atoms with Crippen molar-refractivity contribution in [1.82, 2.24) is 0 Å². The monoisotopic (exact) mass is 334 g/mol. The summed E-state index contributed by atoms with van der Waals surface area (Å²) in [6, 6.07) is 18.4. The Kier molecular flexibility index (Phi) is 5.64. The molecule has 0 amide bonds. The van der Waals surface area contributed by atoms with Gasteiger partial charge in [0.25, 0.3) is 0 Å². The summed E-state index contributed by atoms with van der Waals surface area (Å²) in [5, 5.41) is 21.5. The fourth-order valence-corrected chi connectivity index (χ4v) is 3.97. The van der Waals surface area contributed by atoms with Crippen LogP contribution in [-0.2, 0) is 0 Å². The predicted octanol–water partition coefficient (Wildman–Crippen LogP) is 5.77. The van der Waals surface area contributed by atoms with Crippen molar-refractivity contribution in [3.8, 4) is 11.1 Å². The first-order valence-corrected chi connectivity index (χ1v) is 9.13. The Bertz CT molecular complexity index is 728. The van der Waals surface area contributed by atoms with Gasteiger partial charge in [0.2, 0.25) is 0 Å². The third kappa shape index (κ3) is 3.98. The van der Waals surface area contributed by atoms with E-state index in [1.807, 2.05) is 37.3 Å². The Hall–Kier alpha value is -2.42. The van der Waals surface area contributed by atoms with E-state index in [2.05, 4.69) is 29.4 Å². The highest BCUT2D eigenvalue weighted by atomic mass is 16.4. The van der Waals surface area contributed by atoms with Gasteiger partial charge in [-0.2, -0.15) is 0 Å². The SMILES string of the molecule is C/C(=N\O)C(C(=N)c1ccc(-c2ccccc2)cc1)C1CCCCC1. The molecule has 0 spiro atoms. The van der Waals surface area contributed by atoms with Gasteiger partial charge in [0.15, 0.2) is 0 Å². The van der Waals surface area contributed by atoms with Gasteiger partial charge in [-0.05, 0) is 42.4 Å². The van der Waals surface area contributed by atoms with E-state index >= 15 is 0 Å². The van der Waals surface area contributed by atoms with Gasteiger partial charge in [-0.3, -0.25) is 0 Å². The number of benzene rings is 2. The molecule has 0 saturated heterocycles. The third-order valence-electron chi connectivity index (χ3n) is 5.34. The summed E-state index contributed by atoms with van der Waals surface area (Å²) in [5.41, 5.74) is 4.47. The van der Waals surface area contributed by atoms with E-state index in [1.165, 1.54) is 24.8 Å².